The standard InChI is InChI=1S/C28H35N5O4S/c1-17-15-16-20(37-17)23(26(35)31-28(2,3)4)33(19-13-9-6-10-14-19)27(36)24-21(29)22(32-38-24)25(34)30-18-11-7-5-8-12-18/h6,9-10,13-16,18,23H,5,7-8,11-12,29H2,1-4H3,(H,30,34)(H,31,35). The molecule has 1 aliphatic carbocycles. The first-order valence-corrected chi connectivity index (χ1v) is 13.7. The van der Waals surface area contributed by atoms with Crippen molar-refractivity contribution in [2.24, 2.45) is 0 Å². The van der Waals surface area contributed by atoms with Gasteiger partial charge in [0.15, 0.2) is 11.7 Å². The van der Waals surface area contributed by atoms with Gasteiger partial charge >= 0.3 is 0 Å². The summed E-state index contributed by atoms with van der Waals surface area (Å²) in [5.74, 6) is -0.444. The normalized spacial score (nSPS) is 15.1. The number of aryl methyl sites for hydroxylation is 1. The van der Waals surface area contributed by atoms with Gasteiger partial charge < -0.3 is 20.8 Å². The molecule has 1 saturated carbocycles. The number of hydrogen-bond acceptors (Lipinski definition) is 7. The summed E-state index contributed by atoms with van der Waals surface area (Å²) in [4.78, 5) is 42.2. The fraction of sp³-hybridized carbons (Fsp3) is 0.429. The van der Waals surface area contributed by atoms with Crippen molar-refractivity contribution >= 4 is 40.6 Å². The lowest BCUT2D eigenvalue weighted by molar-refractivity contribution is -0.124. The maximum absolute atomic E-state index is 14.1. The topological polar surface area (TPSA) is 131 Å². The van der Waals surface area contributed by atoms with Crippen LogP contribution in [-0.2, 0) is 4.79 Å². The molecule has 38 heavy (non-hydrogen) atoms. The van der Waals surface area contributed by atoms with Crippen molar-refractivity contribution in [3.05, 3.63) is 64.6 Å². The van der Waals surface area contributed by atoms with E-state index in [0.29, 0.717) is 17.2 Å². The number of para-hydroxylation sites is 1. The smallest absolute Gasteiger partial charge is 0.273 e. The van der Waals surface area contributed by atoms with Crippen molar-refractivity contribution in [3.8, 4) is 0 Å². The zero-order chi connectivity index (χ0) is 27.4. The molecule has 1 atom stereocenters. The molecule has 4 N–H and O–H groups in total. The fourth-order valence-electron chi connectivity index (χ4n) is 4.61. The number of nitrogens with zero attached hydrogens (tertiary/aromatic N) is 2. The number of nitrogen functional groups attached to an aromatic ring is 1. The summed E-state index contributed by atoms with van der Waals surface area (Å²) in [6.07, 6.45) is 5.13. The van der Waals surface area contributed by atoms with Crippen molar-refractivity contribution in [2.45, 2.75) is 77.4 Å². The molecule has 202 valence electrons. The van der Waals surface area contributed by atoms with Crippen molar-refractivity contribution in [2.75, 3.05) is 10.6 Å². The molecule has 0 aliphatic heterocycles. The quantitative estimate of drug-likeness (QED) is 0.389. The molecular formula is C28H35N5O4S. The van der Waals surface area contributed by atoms with E-state index < -0.39 is 23.4 Å². The Kier molecular flexibility index (Phi) is 8.20. The summed E-state index contributed by atoms with van der Waals surface area (Å²) >= 11 is 0.851. The van der Waals surface area contributed by atoms with Gasteiger partial charge in [0.05, 0.1) is 5.69 Å². The third-order valence-corrected chi connectivity index (χ3v) is 7.22. The number of nitrogens with one attached hydrogen (secondary N) is 2. The number of hydrogen-bond donors (Lipinski definition) is 3. The van der Waals surface area contributed by atoms with E-state index in [1.165, 1.54) is 11.3 Å². The monoisotopic (exact) mass is 537 g/mol. The van der Waals surface area contributed by atoms with Crippen LogP contribution < -0.4 is 21.3 Å². The van der Waals surface area contributed by atoms with E-state index in [2.05, 4.69) is 15.0 Å². The Labute approximate surface area is 226 Å². The Morgan fingerprint density at radius 3 is 2.37 bits per heavy atom. The van der Waals surface area contributed by atoms with E-state index in [1.54, 1.807) is 43.3 Å². The van der Waals surface area contributed by atoms with E-state index in [-0.39, 0.29) is 28.2 Å². The van der Waals surface area contributed by atoms with E-state index in [1.807, 2.05) is 26.8 Å². The van der Waals surface area contributed by atoms with Crippen molar-refractivity contribution in [1.82, 2.24) is 15.0 Å². The Hall–Kier alpha value is -3.66. The summed E-state index contributed by atoms with van der Waals surface area (Å²) in [5, 5.41) is 5.97. The second-order valence-electron chi connectivity index (χ2n) is 10.7. The molecule has 10 heteroatoms. The number of amides is 3. The Morgan fingerprint density at radius 1 is 1.08 bits per heavy atom. The van der Waals surface area contributed by atoms with Gasteiger partial charge in [-0.1, -0.05) is 37.5 Å². The van der Waals surface area contributed by atoms with Crippen molar-refractivity contribution < 1.29 is 18.8 Å². The minimum Gasteiger partial charge on any atom is -0.464 e. The zero-order valence-electron chi connectivity index (χ0n) is 22.2. The largest absolute Gasteiger partial charge is 0.464 e. The summed E-state index contributed by atoms with van der Waals surface area (Å²) < 4.78 is 10.1. The number of carbonyl (C=O) groups excluding carboxylic acids is 3. The molecule has 3 aromatic rings. The minimum absolute atomic E-state index is 0.000143. The van der Waals surface area contributed by atoms with Crippen LogP contribution in [0.2, 0.25) is 0 Å². The lowest BCUT2D eigenvalue weighted by atomic mass is 9.95. The molecule has 4 rings (SSSR count). The van der Waals surface area contributed by atoms with Gasteiger partial charge in [-0.25, -0.2) is 0 Å². The SMILES string of the molecule is Cc1ccc(C(C(=O)NC(C)(C)C)N(C(=O)c2snc(C(=O)NC3CCCCC3)c2N)c2ccccc2)o1. The first kappa shape index (κ1) is 27.4. The average Bonchev–Trinajstić information content (AvgIpc) is 3.47. The van der Waals surface area contributed by atoms with Crippen LogP contribution in [0.15, 0.2) is 46.9 Å². The van der Waals surface area contributed by atoms with Gasteiger partial charge in [-0.05, 0) is 76.3 Å². The van der Waals surface area contributed by atoms with Crippen LogP contribution in [0.3, 0.4) is 0 Å². The highest BCUT2D eigenvalue weighted by Gasteiger charge is 2.39. The van der Waals surface area contributed by atoms with Crippen LogP contribution in [0, 0.1) is 6.92 Å². The highest BCUT2D eigenvalue weighted by Crippen LogP contribution is 2.34. The van der Waals surface area contributed by atoms with Gasteiger partial charge in [-0.2, -0.15) is 4.37 Å². The molecule has 3 amide bonds. The number of nitrogens with two attached hydrogens (primary N) is 1. The number of benzene rings is 1. The fourth-order valence-corrected chi connectivity index (χ4v) is 5.34. The van der Waals surface area contributed by atoms with Gasteiger partial charge in [0.2, 0.25) is 0 Å². The van der Waals surface area contributed by atoms with Gasteiger partial charge in [0, 0.05) is 17.3 Å². The summed E-state index contributed by atoms with van der Waals surface area (Å²) in [6, 6.07) is 11.2. The molecule has 0 bridgehead atoms. The average molecular weight is 538 g/mol. The van der Waals surface area contributed by atoms with Gasteiger partial charge in [-0.15, -0.1) is 0 Å². The molecule has 1 fully saturated rings. The lowest BCUT2D eigenvalue weighted by Gasteiger charge is -2.32. The molecule has 0 saturated heterocycles. The number of rotatable bonds is 7. The molecule has 2 heterocycles. The number of anilines is 2. The molecule has 0 radical (unpaired) electrons. The van der Waals surface area contributed by atoms with Crippen LogP contribution in [0.5, 0.6) is 0 Å². The maximum Gasteiger partial charge on any atom is 0.273 e. The first-order valence-electron chi connectivity index (χ1n) is 12.9. The maximum atomic E-state index is 14.1. The zero-order valence-corrected chi connectivity index (χ0v) is 23.1. The second-order valence-corrected chi connectivity index (χ2v) is 11.5. The molecule has 1 unspecified atom stereocenters. The Balaban J connectivity index is 1.73. The second kappa shape index (κ2) is 11.4. The third-order valence-electron chi connectivity index (χ3n) is 6.37. The number of aromatic nitrogens is 1. The van der Waals surface area contributed by atoms with Crippen LogP contribution >= 0.6 is 11.5 Å². The molecule has 2 aromatic heterocycles. The van der Waals surface area contributed by atoms with Crippen LogP contribution in [0.25, 0.3) is 0 Å². The van der Waals surface area contributed by atoms with Crippen LogP contribution in [0.1, 0.15) is 90.6 Å². The molecular weight excluding hydrogens is 502 g/mol. The van der Waals surface area contributed by atoms with E-state index in [0.717, 1.165) is 37.2 Å². The van der Waals surface area contributed by atoms with Crippen LogP contribution in [0.4, 0.5) is 11.4 Å². The van der Waals surface area contributed by atoms with Crippen molar-refractivity contribution in [1.29, 1.82) is 0 Å². The minimum atomic E-state index is -1.13. The van der Waals surface area contributed by atoms with Gasteiger partial charge in [0.1, 0.15) is 16.4 Å². The Bertz CT molecular complexity index is 1290. The molecule has 9 nitrogen and oxygen atoms in total. The van der Waals surface area contributed by atoms with Gasteiger partial charge in [-0.3, -0.25) is 19.3 Å². The summed E-state index contributed by atoms with van der Waals surface area (Å²) in [7, 11) is 0. The first-order chi connectivity index (χ1) is 18.0. The predicted octanol–water partition coefficient (Wildman–Crippen LogP) is 4.99. The molecule has 0 spiro atoms. The number of furan rings is 1. The Morgan fingerprint density at radius 2 is 1.76 bits per heavy atom. The van der Waals surface area contributed by atoms with E-state index in [4.69, 9.17) is 10.2 Å². The number of carbonyl (C=O) groups is 3. The predicted molar refractivity (Wildman–Crippen MR) is 148 cm³/mol. The highest BCUT2D eigenvalue weighted by molar-refractivity contribution is 7.09. The van der Waals surface area contributed by atoms with Crippen LogP contribution in [-0.4, -0.2) is 33.7 Å². The third kappa shape index (κ3) is 6.24. The van der Waals surface area contributed by atoms with Gasteiger partial charge in [0.25, 0.3) is 17.7 Å². The van der Waals surface area contributed by atoms with E-state index >= 15 is 0 Å². The van der Waals surface area contributed by atoms with Crippen molar-refractivity contribution in [3.63, 3.8) is 0 Å². The molecule has 1 aromatic carbocycles. The highest BCUT2D eigenvalue weighted by atomic mass is 32.1. The summed E-state index contributed by atoms with van der Waals surface area (Å²) in [6.45, 7) is 7.36. The van der Waals surface area contributed by atoms with E-state index in [9.17, 15) is 14.4 Å². The lowest BCUT2D eigenvalue weighted by Crippen LogP contribution is -2.49. The molecule has 1 aliphatic rings. The summed E-state index contributed by atoms with van der Waals surface area (Å²) in [5.41, 5.74) is 6.31.